The van der Waals surface area contributed by atoms with Crippen LogP contribution in [0.2, 0.25) is 0 Å². The van der Waals surface area contributed by atoms with Crippen LogP contribution in [0.15, 0.2) is 35.4 Å². The SMILES string of the molecule is Cc1nc(N2CCN(CCn3nc(C(C)(C)C)ccc3=O)CC2)c2ccncc2n1. The van der Waals surface area contributed by atoms with Crippen LogP contribution in [0.4, 0.5) is 5.82 Å². The summed E-state index contributed by atoms with van der Waals surface area (Å²) in [5.41, 5.74) is 1.70. The van der Waals surface area contributed by atoms with Crippen LogP contribution in [0.3, 0.4) is 0 Å². The molecule has 0 aromatic carbocycles. The zero-order chi connectivity index (χ0) is 21.3. The highest BCUT2D eigenvalue weighted by molar-refractivity contribution is 5.88. The minimum Gasteiger partial charge on any atom is -0.353 e. The number of fused-ring (bicyclic) bond motifs is 1. The summed E-state index contributed by atoms with van der Waals surface area (Å²) in [7, 11) is 0. The fourth-order valence-electron chi connectivity index (χ4n) is 3.75. The van der Waals surface area contributed by atoms with Crippen molar-refractivity contribution < 1.29 is 0 Å². The molecule has 0 bridgehead atoms. The van der Waals surface area contributed by atoms with Crippen molar-refractivity contribution in [3.05, 3.63) is 52.5 Å². The van der Waals surface area contributed by atoms with Crippen molar-refractivity contribution >= 4 is 16.7 Å². The van der Waals surface area contributed by atoms with E-state index < -0.39 is 0 Å². The first-order valence-corrected chi connectivity index (χ1v) is 10.5. The number of aryl methyl sites for hydroxylation is 1. The van der Waals surface area contributed by atoms with Gasteiger partial charge >= 0.3 is 0 Å². The molecule has 8 heteroatoms. The fourth-order valence-corrected chi connectivity index (χ4v) is 3.75. The van der Waals surface area contributed by atoms with Crippen molar-refractivity contribution in [1.82, 2.24) is 29.6 Å². The topological polar surface area (TPSA) is 80.0 Å². The zero-order valence-corrected chi connectivity index (χ0v) is 18.2. The summed E-state index contributed by atoms with van der Waals surface area (Å²) in [6, 6.07) is 5.45. The molecule has 4 heterocycles. The average Bonchev–Trinajstić information content (AvgIpc) is 2.72. The Morgan fingerprint density at radius 3 is 2.50 bits per heavy atom. The van der Waals surface area contributed by atoms with Gasteiger partial charge in [-0.05, 0) is 19.1 Å². The number of rotatable bonds is 4. The minimum absolute atomic E-state index is 0.0434. The van der Waals surface area contributed by atoms with Crippen molar-refractivity contribution in [2.75, 3.05) is 37.6 Å². The molecule has 0 aliphatic carbocycles. The molecule has 30 heavy (non-hydrogen) atoms. The Morgan fingerprint density at radius 1 is 1.00 bits per heavy atom. The van der Waals surface area contributed by atoms with Crippen LogP contribution in [0.1, 0.15) is 32.3 Å². The van der Waals surface area contributed by atoms with Crippen LogP contribution in [0.25, 0.3) is 10.9 Å². The van der Waals surface area contributed by atoms with E-state index in [0.717, 1.165) is 61.0 Å². The third kappa shape index (κ3) is 4.33. The van der Waals surface area contributed by atoms with Crippen LogP contribution in [-0.4, -0.2) is 62.4 Å². The maximum absolute atomic E-state index is 12.2. The molecule has 1 aliphatic heterocycles. The Kier molecular flexibility index (Phi) is 5.51. The summed E-state index contributed by atoms with van der Waals surface area (Å²) >= 11 is 0. The van der Waals surface area contributed by atoms with E-state index in [4.69, 9.17) is 4.98 Å². The summed E-state index contributed by atoms with van der Waals surface area (Å²) in [5.74, 6) is 1.74. The molecule has 0 saturated carbocycles. The second kappa shape index (κ2) is 8.10. The lowest BCUT2D eigenvalue weighted by molar-refractivity contribution is 0.241. The lowest BCUT2D eigenvalue weighted by Crippen LogP contribution is -2.48. The van der Waals surface area contributed by atoms with Gasteiger partial charge in [0.1, 0.15) is 11.6 Å². The number of hydrogen-bond acceptors (Lipinski definition) is 7. The quantitative estimate of drug-likeness (QED) is 0.654. The first kappa shape index (κ1) is 20.4. The second-order valence-electron chi connectivity index (χ2n) is 8.85. The highest BCUT2D eigenvalue weighted by Gasteiger charge is 2.21. The van der Waals surface area contributed by atoms with Gasteiger partial charge in [0.05, 0.1) is 24.0 Å². The summed E-state index contributed by atoms with van der Waals surface area (Å²) in [6.45, 7) is 13.3. The minimum atomic E-state index is -0.0744. The molecule has 0 N–H and O–H groups in total. The first-order chi connectivity index (χ1) is 14.3. The predicted octanol–water partition coefficient (Wildman–Crippen LogP) is 2.01. The molecule has 3 aromatic rings. The molecule has 1 aliphatic rings. The van der Waals surface area contributed by atoms with E-state index in [0.29, 0.717) is 6.54 Å². The molecule has 0 unspecified atom stereocenters. The Bertz CT molecular complexity index is 1090. The largest absolute Gasteiger partial charge is 0.353 e. The van der Waals surface area contributed by atoms with Crippen molar-refractivity contribution in [2.24, 2.45) is 0 Å². The van der Waals surface area contributed by atoms with Gasteiger partial charge in [0.15, 0.2) is 0 Å². The van der Waals surface area contributed by atoms with Crippen molar-refractivity contribution in [3.63, 3.8) is 0 Å². The van der Waals surface area contributed by atoms with Crippen LogP contribution < -0.4 is 10.5 Å². The Balaban J connectivity index is 1.41. The number of piperazine rings is 1. The first-order valence-electron chi connectivity index (χ1n) is 10.5. The normalized spacial score (nSPS) is 15.7. The summed E-state index contributed by atoms with van der Waals surface area (Å²) in [4.78, 5) is 30.3. The van der Waals surface area contributed by atoms with Crippen LogP contribution in [0, 0.1) is 6.92 Å². The maximum atomic E-state index is 12.2. The number of pyridine rings is 1. The zero-order valence-electron chi connectivity index (χ0n) is 18.2. The monoisotopic (exact) mass is 407 g/mol. The maximum Gasteiger partial charge on any atom is 0.266 e. The van der Waals surface area contributed by atoms with E-state index in [1.54, 1.807) is 23.1 Å². The van der Waals surface area contributed by atoms with E-state index in [1.807, 2.05) is 19.1 Å². The van der Waals surface area contributed by atoms with E-state index >= 15 is 0 Å². The third-order valence-electron chi connectivity index (χ3n) is 5.53. The molecule has 8 nitrogen and oxygen atoms in total. The van der Waals surface area contributed by atoms with Gasteiger partial charge in [-0.25, -0.2) is 14.6 Å². The van der Waals surface area contributed by atoms with Gasteiger partial charge < -0.3 is 4.90 Å². The van der Waals surface area contributed by atoms with Gasteiger partial charge in [-0.1, -0.05) is 20.8 Å². The highest BCUT2D eigenvalue weighted by atomic mass is 16.1. The van der Waals surface area contributed by atoms with Crippen LogP contribution in [0.5, 0.6) is 0 Å². The van der Waals surface area contributed by atoms with Gasteiger partial charge in [-0.3, -0.25) is 14.7 Å². The van der Waals surface area contributed by atoms with Gasteiger partial charge in [-0.2, -0.15) is 5.10 Å². The van der Waals surface area contributed by atoms with Crippen LogP contribution in [-0.2, 0) is 12.0 Å². The average molecular weight is 408 g/mol. The third-order valence-corrected chi connectivity index (χ3v) is 5.53. The Labute approximate surface area is 176 Å². The Morgan fingerprint density at radius 2 is 1.77 bits per heavy atom. The van der Waals surface area contributed by atoms with Crippen molar-refractivity contribution in [1.29, 1.82) is 0 Å². The molecule has 0 radical (unpaired) electrons. The standard InChI is InChI=1S/C22H29N7O/c1-16-24-18-15-23-8-7-17(18)21(25-16)28-12-9-27(10-13-28)11-14-29-20(30)6-5-19(26-29)22(2,3)4/h5-8,15H,9-14H2,1-4H3. The highest BCUT2D eigenvalue weighted by Crippen LogP contribution is 2.24. The second-order valence-corrected chi connectivity index (χ2v) is 8.85. The number of nitrogens with zero attached hydrogens (tertiary/aromatic N) is 7. The van der Waals surface area contributed by atoms with Gasteiger partial charge in [0.2, 0.25) is 0 Å². The lowest BCUT2D eigenvalue weighted by Gasteiger charge is -2.35. The molecule has 4 rings (SSSR count). The number of aromatic nitrogens is 5. The van der Waals surface area contributed by atoms with E-state index in [-0.39, 0.29) is 11.0 Å². The van der Waals surface area contributed by atoms with Crippen LogP contribution >= 0.6 is 0 Å². The van der Waals surface area contributed by atoms with E-state index in [9.17, 15) is 4.79 Å². The van der Waals surface area contributed by atoms with E-state index in [1.165, 1.54) is 0 Å². The van der Waals surface area contributed by atoms with Gasteiger partial charge in [0, 0.05) is 55.8 Å². The smallest absolute Gasteiger partial charge is 0.266 e. The van der Waals surface area contributed by atoms with Gasteiger partial charge in [0.25, 0.3) is 5.56 Å². The van der Waals surface area contributed by atoms with Crippen molar-refractivity contribution in [3.8, 4) is 0 Å². The molecule has 3 aromatic heterocycles. The molecular weight excluding hydrogens is 378 g/mol. The summed E-state index contributed by atoms with van der Waals surface area (Å²) in [6.07, 6.45) is 3.58. The molecule has 158 valence electrons. The lowest BCUT2D eigenvalue weighted by atomic mass is 9.92. The molecule has 0 spiro atoms. The Hall–Kier alpha value is -2.87. The van der Waals surface area contributed by atoms with Crippen molar-refractivity contribution in [2.45, 2.75) is 39.7 Å². The number of anilines is 1. The number of hydrogen-bond donors (Lipinski definition) is 0. The molecule has 0 atom stereocenters. The molecular formula is C22H29N7O. The summed E-state index contributed by atoms with van der Waals surface area (Å²) in [5, 5.41) is 5.62. The fraction of sp³-hybridized carbons (Fsp3) is 0.500. The van der Waals surface area contributed by atoms with E-state index in [2.05, 4.69) is 45.6 Å². The molecule has 1 saturated heterocycles. The summed E-state index contributed by atoms with van der Waals surface area (Å²) < 4.78 is 1.60. The van der Waals surface area contributed by atoms with Gasteiger partial charge in [-0.15, -0.1) is 0 Å². The molecule has 1 fully saturated rings. The predicted molar refractivity (Wildman–Crippen MR) is 118 cm³/mol. The molecule has 0 amide bonds.